The van der Waals surface area contributed by atoms with E-state index >= 15 is 0 Å². The molecule has 5 heteroatoms. The number of aliphatic hydroxyl groups excluding tert-OH is 1. The van der Waals surface area contributed by atoms with Crippen molar-refractivity contribution in [2.45, 2.75) is 96.1 Å². The Labute approximate surface area is 146 Å². The third-order valence-electron chi connectivity index (χ3n) is 4.97. The summed E-state index contributed by atoms with van der Waals surface area (Å²) in [7, 11) is 0. The predicted molar refractivity (Wildman–Crippen MR) is 95.1 cm³/mol. The van der Waals surface area contributed by atoms with Gasteiger partial charge in [-0.15, -0.1) is 0 Å². The van der Waals surface area contributed by atoms with E-state index in [2.05, 4.69) is 11.8 Å². The highest BCUT2D eigenvalue weighted by Crippen LogP contribution is 2.21. The third-order valence-corrected chi connectivity index (χ3v) is 4.97. The number of carboxylic acid groups (broad SMARTS) is 1. The predicted octanol–water partition coefficient (Wildman–Crippen LogP) is 3.39. The fourth-order valence-electron chi connectivity index (χ4n) is 3.45. The molecule has 0 bridgehead atoms. The highest BCUT2D eigenvalue weighted by molar-refractivity contribution is 5.86. The second-order valence-electron chi connectivity index (χ2n) is 7.05. The standard InChI is InChI=1S/C19H35NO4/c1-2-3-6-9-16(21)12-14-20-15-13-18(22)17(20)10-7-4-5-8-11-19(23)24/h16-17,21H,2-15H2,1H3,(H,23,24). The van der Waals surface area contributed by atoms with Crippen LogP contribution >= 0.6 is 0 Å². The van der Waals surface area contributed by atoms with Crippen LogP contribution in [0.25, 0.3) is 0 Å². The molecule has 0 aromatic rings. The Balaban J connectivity index is 2.19. The number of nitrogens with zero attached hydrogens (tertiary/aromatic N) is 1. The first-order valence-corrected chi connectivity index (χ1v) is 9.71. The maximum absolute atomic E-state index is 12.1. The van der Waals surface area contributed by atoms with Gasteiger partial charge in [0.05, 0.1) is 12.1 Å². The zero-order valence-electron chi connectivity index (χ0n) is 15.2. The fourth-order valence-corrected chi connectivity index (χ4v) is 3.45. The average molecular weight is 341 g/mol. The summed E-state index contributed by atoms with van der Waals surface area (Å²) in [4.78, 5) is 24.8. The minimum atomic E-state index is -0.732. The molecule has 0 spiro atoms. The summed E-state index contributed by atoms with van der Waals surface area (Å²) in [5.74, 6) is -0.398. The van der Waals surface area contributed by atoms with Gasteiger partial charge in [-0.05, 0) is 25.7 Å². The molecule has 0 aliphatic carbocycles. The number of hydrogen-bond donors (Lipinski definition) is 2. The normalized spacial score (nSPS) is 19.8. The second-order valence-corrected chi connectivity index (χ2v) is 7.05. The van der Waals surface area contributed by atoms with E-state index in [9.17, 15) is 14.7 Å². The second kappa shape index (κ2) is 12.4. The summed E-state index contributed by atoms with van der Waals surface area (Å²) in [6.07, 6.45) is 10.2. The van der Waals surface area contributed by atoms with Crippen LogP contribution in [0.15, 0.2) is 0 Å². The number of carboxylic acids is 1. The number of aliphatic carboxylic acids is 1. The Morgan fingerprint density at radius 2 is 1.92 bits per heavy atom. The highest BCUT2D eigenvalue weighted by Gasteiger charge is 2.31. The van der Waals surface area contributed by atoms with Crippen molar-refractivity contribution in [1.29, 1.82) is 0 Å². The lowest BCUT2D eigenvalue weighted by Gasteiger charge is -2.24. The van der Waals surface area contributed by atoms with Crippen molar-refractivity contribution in [3.63, 3.8) is 0 Å². The molecule has 2 atom stereocenters. The monoisotopic (exact) mass is 341 g/mol. The minimum Gasteiger partial charge on any atom is -0.481 e. The van der Waals surface area contributed by atoms with Gasteiger partial charge in [-0.25, -0.2) is 0 Å². The number of unbranched alkanes of at least 4 members (excludes halogenated alkanes) is 5. The first-order valence-electron chi connectivity index (χ1n) is 9.71. The largest absolute Gasteiger partial charge is 0.481 e. The van der Waals surface area contributed by atoms with E-state index in [0.29, 0.717) is 12.2 Å². The van der Waals surface area contributed by atoms with Gasteiger partial charge in [0.25, 0.3) is 0 Å². The quantitative estimate of drug-likeness (QED) is 0.474. The molecule has 2 N–H and O–H groups in total. The molecule has 0 aromatic carbocycles. The van der Waals surface area contributed by atoms with Gasteiger partial charge < -0.3 is 10.2 Å². The van der Waals surface area contributed by atoms with E-state index in [0.717, 1.165) is 64.5 Å². The van der Waals surface area contributed by atoms with Gasteiger partial charge in [0.2, 0.25) is 0 Å². The smallest absolute Gasteiger partial charge is 0.303 e. The molecule has 5 nitrogen and oxygen atoms in total. The zero-order valence-corrected chi connectivity index (χ0v) is 15.2. The molecule has 1 aliphatic heterocycles. The Hall–Kier alpha value is -0.940. The number of likely N-dealkylation sites (tertiary alicyclic amines) is 1. The third kappa shape index (κ3) is 8.78. The molecular formula is C19H35NO4. The highest BCUT2D eigenvalue weighted by atomic mass is 16.4. The Bertz CT molecular complexity index is 372. The number of rotatable bonds is 14. The van der Waals surface area contributed by atoms with E-state index in [1.165, 1.54) is 12.8 Å². The summed E-state index contributed by atoms with van der Waals surface area (Å²) in [6.45, 7) is 3.79. The molecule has 0 saturated carbocycles. The molecule has 1 fully saturated rings. The van der Waals surface area contributed by atoms with Crippen molar-refractivity contribution in [2.24, 2.45) is 0 Å². The first kappa shape index (κ1) is 21.1. The van der Waals surface area contributed by atoms with E-state index in [1.54, 1.807) is 0 Å². The lowest BCUT2D eigenvalue weighted by Crippen LogP contribution is -2.35. The van der Waals surface area contributed by atoms with Gasteiger partial charge in [-0.1, -0.05) is 45.4 Å². The number of carbonyl (C=O) groups is 2. The summed E-state index contributed by atoms with van der Waals surface area (Å²) in [5, 5.41) is 18.7. The van der Waals surface area contributed by atoms with Crippen molar-refractivity contribution < 1.29 is 19.8 Å². The Morgan fingerprint density at radius 1 is 1.17 bits per heavy atom. The van der Waals surface area contributed by atoms with Crippen LogP contribution in [0.5, 0.6) is 0 Å². The summed E-state index contributed by atoms with van der Waals surface area (Å²) < 4.78 is 0. The van der Waals surface area contributed by atoms with Crippen molar-refractivity contribution >= 4 is 11.8 Å². The lowest BCUT2D eigenvalue weighted by molar-refractivity contribution is -0.137. The topological polar surface area (TPSA) is 77.8 Å². The van der Waals surface area contributed by atoms with E-state index in [1.807, 2.05) is 0 Å². The van der Waals surface area contributed by atoms with Crippen LogP contribution in [0.4, 0.5) is 0 Å². The van der Waals surface area contributed by atoms with Crippen LogP contribution < -0.4 is 0 Å². The molecule has 140 valence electrons. The molecule has 1 heterocycles. The number of Topliss-reactive ketones (excluding diaryl/α,β-unsaturated/α-hetero) is 1. The molecule has 0 aromatic heterocycles. The molecule has 24 heavy (non-hydrogen) atoms. The maximum Gasteiger partial charge on any atom is 0.303 e. The Morgan fingerprint density at radius 3 is 2.62 bits per heavy atom. The average Bonchev–Trinajstić information content (AvgIpc) is 2.89. The molecule has 2 unspecified atom stereocenters. The summed E-state index contributed by atoms with van der Waals surface area (Å²) in [6, 6.07) is 0.0207. The minimum absolute atomic E-state index is 0.0207. The van der Waals surface area contributed by atoms with Crippen LogP contribution in [-0.4, -0.2) is 52.1 Å². The van der Waals surface area contributed by atoms with E-state index < -0.39 is 5.97 Å². The molecule has 1 saturated heterocycles. The van der Waals surface area contributed by atoms with Gasteiger partial charge in [0, 0.05) is 25.9 Å². The summed E-state index contributed by atoms with van der Waals surface area (Å²) in [5.41, 5.74) is 0. The van der Waals surface area contributed by atoms with Crippen LogP contribution in [0.1, 0.15) is 84.0 Å². The number of hydrogen-bond acceptors (Lipinski definition) is 4. The Kier molecular flexibility index (Phi) is 10.9. The van der Waals surface area contributed by atoms with Gasteiger partial charge in [-0.2, -0.15) is 0 Å². The van der Waals surface area contributed by atoms with Crippen LogP contribution in [0, 0.1) is 0 Å². The van der Waals surface area contributed by atoms with Crippen molar-refractivity contribution in [2.75, 3.05) is 13.1 Å². The fraction of sp³-hybridized carbons (Fsp3) is 0.895. The van der Waals surface area contributed by atoms with Crippen molar-refractivity contribution in [3.8, 4) is 0 Å². The molecule has 0 amide bonds. The van der Waals surface area contributed by atoms with Crippen LogP contribution in [0.3, 0.4) is 0 Å². The van der Waals surface area contributed by atoms with Crippen LogP contribution in [0.2, 0.25) is 0 Å². The van der Waals surface area contributed by atoms with Crippen molar-refractivity contribution in [3.05, 3.63) is 0 Å². The lowest BCUT2D eigenvalue weighted by atomic mass is 10.0. The number of ketones is 1. The van der Waals surface area contributed by atoms with Gasteiger partial charge in [-0.3, -0.25) is 14.5 Å². The number of carbonyl (C=O) groups excluding carboxylic acids is 1. The maximum atomic E-state index is 12.1. The molecular weight excluding hydrogens is 306 g/mol. The number of aliphatic hydroxyl groups is 1. The summed E-state index contributed by atoms with van der Waals surface area (Å²) >= 11 is 0. The molecule has 1 aliphatic rings. The van der Waals surface area contributed by atoms with Crippen LogP contribution in [-0.2, 0) is 9.59 Å². The van der Waals surface area contributed by atoms with Gasteiger partial charge in [0.15, 0.2) is 5.78 Å². The zero-order chi connectivity index (χ0) is 17.8. The van der Waals surface area contributed by atoms with Gasteiger partial charge >= 0.3 is 5.97 Å². The van der Waals surface area contributed by atoms with Gasteiger partial charge in [0.1, 0.15) is 0 Å². The van der Waals surface area contributed by atoms with Crippen molar-refractivity contribution in [1.82, 2.24) is 4.90 Å². The molecule has 1 rings (SSSR count). The van der Waals surface area contributed by atoms with E-state index in [-0.39, 0.29) is 18.6 Å². The van der Waals surface area contributed by atoms with E-state index in [4.69, 9.17) is 5.11 Å². The molecule has 0 radical (unpaired) electrons. The SMILES string of the molecule is CCCCCC(O)CCN1CCC(=O)C1CCCCCCC(=O)O. The first-order chi connectivity index (χ1) is 11.5.